The van der Waals surface area contributed by atoms with E-state index in [0.29, 0.717) is 12.5 Å². The van der Waals surface area contributed by atoms with Crippen LogP contribution in [0.15, 0.2) is 54.6 Å². The summed E-state index contributed by atoms with van der Waals surface area (Å²) in [5.41, 5.74) is 3.21. The van der Waals surface area contributed by atoms with Crippen LogP contribution in [0.4, 0.5) is 0 Å². The zero-order valence-electron chi connectivity index (χ0n) is 11.8. The smallest absolute Gasteiger partial charge is 0.119 e. The molecule has 0 spiro atoms. The van der Waals surface area contributed by atoms with Crippen LogP contribution in [0, 0.1) is 6.08 Å². The molecule has 0 aliphatic heterocycles. The number of aliphatic hydroxyl groups is 1. The molecule has 0 bridgehead atoms. The second-order valence-electron chi connectivity index (χ2n) is 4.51. The monoisotopic (exact) mass is 301 g/mol. The molecule has 1 radical (unpaired) electrons. The summed E-state index contributed by atoms with van der Waals surface area (Å²) in [7, 11) is 0. The van der Waals surface area contributed by atoms with E-state index in [9.17, 15) is 0 Å². The van der Waals surface area contributed by atoms with Gasteiger partial charge in [0.15, 0.2) is 0 Å². The van der Waals surface area contributed by atoms with E-state index in [-0.39, 0.29) is 6.61 Å². The van der Waals surface area contributed by atoms with Crippen LogP contribution in [0.1, 0.15) is 17.5 Å². The molecule has 2 rings (SSSR count). The highest BCUT2D eigenvalue weighted by molar-refractivity contribution is 6.18. The predicted octanol–water partition coefficient (Wildman–Crippen LogP) is 3.92. The van der Waals surface area contributed by atoms with Gasteiger partial charge in [-0.2, -0.15) is 0 Å². The van der Waals surface area contributed by atoms with Crippen LogP contribution in [0.2, 0.25) is 0 Å². The third kappa shape index (κ3) is 4.92. The Morgan fingerprint density at radius 3 is 2.38 bits per heavy atom. The Balaban J connectivity index is 2.18. The maximum atomic E-state index is 8.73. The molecule has 2 nitrogen and oxygen atoms in total. The summed E-state index contributed by atoms with van der Waals surface area (Å²) in [4.78, 5) is 0. The van der Waals surface area contributed by atoms with Crippen molar-refractivity contribution in [1.29, 1.82) is 0 Å². The van der Waals surface area contributed by atoms with E-state index in [0.717, 1.165) is 28.9 Å². The van der Waals surface area contributed by atoms with Crippen LogP contribution in [0.25, 0.3) is 5.57 Å². The van der Waals surface area contributed by atoms with Crippen molar-refractivity contribution >= 4 is 17.2 Å². The first kappa shape index (κ1) is 15.6. The number of benzene rings is 2. The van der Waals surface area contributed by atoms with Gasteiger partial charge < -0.3 is 9.84 Å². The molecule has 0 amide bonds. The average Bonchev–Trinajstić information content (AvgIpc) is 2.54. The normalized spacial score (nSPS) is 11.4. The standard InChI is InChI=1S/C18H18ClO2/c19-11-10-17(16-4-2-1-3-5-16)14-15-6-8-18(9-7-15)21-13-12-20/h1-9,20H,10-13H2. The van der Waals surface area contributed by atoms with E-state index in [1.54, 1.807) is 0 Å². The second-order valence-corrected chi connectivity index (χ2v) is 4.88. The van der Waals surface area contributed by atoms with Crippen molar-refractivity contribution in [2.24, 2.45) is 0 Å². The van der Waals surface area contributed by atoms with Crippen LogP contribution in [0.3, 0.4) is 0 Å². The van der Waals surface area contributed by atoms with Crippen molar-refractivity contribution < 1.29 is 9.84 Å². The Bertz CT molecular complexity index is 562. The number of halogens is 1. The fourth-order valence-corrected chi connectivity index (χ4v) is 2.17. The number of allylic oxidation sites excluding steroid dienone is 1. The molecule has 0 saturated carbocycles. The zero-order valence-corrected chi connectivity index (χ0v) is 12.5. The lowest BCUT2D eigenvalue weighted by Gasteiger charge is -2.07. The van der Waals surface area contributed by atoms with Gasteiger partial charge in [-0.15, -0.1) is 11.6 Å². The molecule has 0 aliphatic rings. The summed E-state index contributed by atoms with van der Waals surface area (Å²) in [5.74, 6) is 1.31. The van der Waals surface area contributed by atoms with Gasteiger partial charge in [0, 0.05) is 5.88 Å². The first-order chi connectivity index (χ1) is 10.3. The molecule has 0 fully saturated rings. The number of aliphatic hydroxyl groups excluding tert-OH is 1. The molecule has 109 valence electrons. The Kier molecular flexibility index (Phi) is 6.32. The van der Waals surface area contributed by atoms with Gasteiger partial charge in [-0.3, -0.25) is 0 Å². The van der Waals surface area contributed by atoms with Gasteiger partial charge in [0.1, 0.15) is 12.4 Å². The maximum absolute atomic E-state index is 8.73. The largest absolute Gasteiger partial charge is 0.491 e. The van der Waals surface area contributed by atoms with E-state index in [1.807, 2.05) is 42.5 Å². The first-order valence-corrected chi connectivity index (χ1v) is 7.45. The minimum atomic E-state index is 0.0155. The van der Waals surface area contributed by atoms with Gasteiger partial charge in [-0.1, -0.05) is 42.5 Å². The molecule has 2 aromatic carbocycles. The minimum absolute atomic E-state index is 0.0155. The van der Waals surface area contributed by atoms with Gasteiger partial charge >= 0.3 is 0 Å². The summed E-state index contributed by atoms with van der Waals surface area (Å²) >= 11 is 5.89. The number of hydrogen-bond acceptors (Lipinski definition) is 2. The third-order valence-electron chi connectivity index (χ3n) is 2.98. The number of ether oxygens (including phenoxy) is 1. The van der Waals surface area contributed by atoms with Crippen molar-refractivity contribution in [1.82, 2.24) is 0 Å². The van der Waals surface area contributed by atoms with E-state index in [4.69, 9.17) is 21.4 Å². The molecule has 3 heteroatoms. The lowest BCUT2D eigenvalue weighted by atomic mass is 10.0. The number of rotatable bonds is 7. The molecule has 21 heavy (non-hydrogen) atoms. The third-order valence-corrected chi connectivity index (χ3v) is 3.17. The van der Waals surface area contributed by atoms with Crippen molar-refractivity contribution in [3.63, 3.8) is 0 Å². The molecule has 0 atom stereocenters. The SMILES string of the molecule is OCCOc1ccc([C]=C(CCCl)c2ccccc2)cc1. The molecule has 0 heterocycles. The molecule has 0 aromatic heterocycles. The number of alkyl halides is 1. The van der Waals surface area contributed by atoms with Crippen molar-refractivity contribution in [2.45, 2.75) is 6.42 Å². The molecule has 0 aliphatic carbocycles. The Morgan fingerprint density at radius 2 is 1.76 bits per heavy atom. The Labute approximate surface area is 130 Å². The fourth-order valence-electron chi connectivity index (χ4n) is 1.99. The predicted molar refractivity (Wildman–Crippen MR) is 86.6 cm³/mol. The number of hydrogen-bond donors (Lipinski definition) is 1. The van der Waals surface area contributed by atoms with E-state index < -0.39 is 0 Å². The van der Waals surface area contributed by atoms with Crippen molar-refractivity contribution in [2.75, 3.05) is 19.1 Å². The van der Waals surface area contributed by atoms with Gasteiger partial charge in [-0.05, 0) is 41.3 Å². The first-order valence-electron chi connectivity index (χ1n) is 6.91. The summed E-state index contributed by atoms with van der Waals surface area (Å²) in [6.07, 6.45) is 4.18. The molecular weight excluding hydrogens is 284 g/mol. The van der Waals surface area contributed by atoms with Crippen LogP contribution < -0.4 is 4.74 Å². The molecule has 0 saturated heterocycles. The van der Waals surface area contributed by atoms with Gasteiger partial charge in [0.2, 0.25) is 0 Å². The van der Waals surface area contributed by atoms with E-state index >= 15 is 0 Å². The summed E-state index contributed by atoms with van der Waals surface area (Å²) in [5, 5.41) is 8.73. The average molecular weight is 302 g/mol. The second kappa shape index (κ2) is 8.50. The highest BCUT2D eigenvalue weighted by atomic mass is 35.5. The van der Waals surface area contributed by atoms with Crippen molar-refractivity contribution in [3.8, 4) is 5.75 Å². The maximum Gasteiger partial charge on any atom is 0.119 e. The van der Waals surface area contributed by atoms with E-state index in [1.165, 1.54) is 0 Å². The summed E-state index contributed by atoms with van der Waals surface area (Å²) < 4.78 is 5.34. The summed E-state index contributed by atoms with van der Waals surface area (Å²) in [6.45, 7) is 0.321. The Morgan fingerprint density at radius 1 is 1.05 bits per heavy atom. The topological polar surface area (TPSA) is 29.5 Å². The van der Waals surface area contributed by atoms with E-state index in [2.05, 4.69) is 18.2 Å². The van der Waals surface area contributed by atoms with Gasteiger partial charge in [0.25, 0.3) is 0 Å². The fraction of sp³-hybridized carbons (Fsp3) is 0.222. The lowest BCUT2D eigenvalue weighted by molar-refractivity contribution is 0.201. The van der Waals surface area contributed by atoms with Crippen LogP contribution >= 0.6 is 11.6 Å². The molecule has 0 unspecified atom stereocenters. The highest BCUT2D eigenvalue weighted by Gasteiger charge is 2.02. The van der Waals surface area contributed by atoms with Crippen molar-refractivity contribution in [3.05, 3.63) is 71.8 Å². The molecular formula is C18H18ClO2. The molecule has 1 N–H and O–H groups in total. The molecule has 2 aromatic rings. The summed E-state index contributed by atoms with van der Waals surface area (Å²) in [6, 6.07) is 17.8. The lowest BCUT2D eigenvalue weighted by Crippen LogP contribution is -2.01. The minimum Gasteiger partial charge on any atom is -0.491 e. The van der Waals surface area contributed by atoms with Gasteiger partial charge in [0.05, 0.1) is 6.61 Å². The van der Waals surface area contributed by atoms with Crippen LogP contribution in [-0.4, -0.2) is 24.2 Å². The van der Waals surface area contributed by atoms with Gasteiger partial charge in [-0.25, -0.2) is 0 Å². The zero-order chi connectivity index (χ0) is 14.9. The highest BCUT2D eigenvalue weighted by Crippen LogP contribution is 2.21. The van der Waals surface area contributed by atoms with Crippen LogP contribution in [-0.2, 0) is 0 Å². The quantitative estimate of drug-likeness (QED) is 0.620. The Hall–Kier alpha value is -1.77. The van der Waals surface area contributed by atoms with Crippen LogP contribution in [0.5, 0.6) is 5.75 Å².